The summed E-state index contributed by atoms with van der Waals surface area (Å²) in [7, 11) is 0. The molecule has 0 amide bonds. The molecule has 1 fully saturated rings. The van der Waals surface area contributed by atoms with Crippen molar-refractivity contribution in [3.8, 4) is 0 Å². The van der Waals surface area contributed by atoms with E-state index < -0.39 is 0 Å². The summed E-state index contributed by atoms with van der Waals surface area (Å²) in [5.41, 5.74) is 7.45. The van der Waals surface area contributed by atoms with Gasteiger partial charge in [-0.25, -0.2) is 4.98 Å². The Hall–Kier alpha value is -1.20. The van der Waals surface area contributed by atoms with Crippen LogP contribution in [0.25, 0.3) is 0 Å². The van der Waals surface area contributed by atoms with E-state index in [9.17, 15) is 0 Å². The van der Waals surface area contributed by atoms with E-state index >= 15 is 0 Å². The lowest BCUT2D eigenvalue weighted by Crippen LogP contribution is -2.38. The fourth-order valence-electron chi connectivity index (χ4n) is 2.39. The number of hydrogen-bond donors (Lipinski definition) is 1. The van der Waals surface area contributed by atoms with E-state index in [-0.39, 0.29) is 0 Å². The standard InChI is InChI=1S/C14H24N4O/c1-11-10-16-12(2)14(17-11)18-7-4-13(5-8-18)19-9-3-6-15/h10,13H,3-9,15H2,1-2H3. The predicted molar refractivity (Wildman–Crippen MR) is 76.4 cm³/mol. The van der Waals surface area contributed by atoms with Gasteiger partial charge in [0.2, 0.25) is 0 Å². The van der Waals surface area contributed by atoms with Crippen LogP contribution in [0.1, 0.15) is 30.7 Å². The van der Waals surface area contributed by atoms with E-state index in [1.54, 1.807) is 0 Å². The third-order valence-electron chi connectivity index (χ3n) is 3.49. The molecule has 1 aromatic rings. The summed E-state index contributed by atoms with van der Waals surface area (Å²) >= 11 is 0. The molecule has 0 bridgehead atoms. The second-order valence-corrected chi connectivity index (χ2v) is 5.12. The summed E-state index contributed by atoms with van der Waals surface area (Å²) in [4.78, 5) is 11.3. The molecule has 1 aliphatic rings. The van der Waals surface area contributed by atoms with Gasteiger partial charge in [-0.3, -0.25) is 4.98 Å². The predicted octanol–water partition coefficient (Wildman–Crippen LogP) is 1.43. The maximum absolute atomic E-state index is 5.82. The Morgan fingerprint density at radius 1 is 1.37 bits per heavy atom. The van der Waals surface area contributed by atoms with Gasteiger partial charge in [0.05, 0.1) is 17.5 Å². The normalized spacial score (nSPS) is 16.9. The highest BCUT2D eigenvalue weighted by atomic mass is 16.5. The Balaban J connectivity index is 1.87. The minimum atomic E-state index is 0.376. The number of aryl methyl sites for hydroxylation is 2. The Kier molecular flexibility index (Phi) is 5.10. The number of anilines is 1. The third-order valence-corrected chi connectivity index (χ3v) is 3.49. The van der Waals surface area contributed by atoms with Gasteiger partial charge in [-0.15, -0.1) is 0 Å². The zero-order chi connectivity index (χ0) is 13.7. The molecule has 0 saturated carbocycles. The summed E-state index contributed by atoms with van der Waals surface area (Å²) < 4.78 is 5.82. The Labute approximate surface area is 115 Å². The van der Waals surface area contributed by atoms with E-state index in [4.69, 9.17) is 10.5 Å². The average Bonchev–Trinajstić information content (AvgIpc) is 2.43. The van der Waals surface area contributed by atoms with Crippen molar-refractivity contribution >= 4 is 5.82 Å². The molecule has 5 nitrogen and oxygen atoms in total. The third kappa shape index (κ3) is 3.88. The van der Waals surface area contributed by atoms with Crippen molar-refractivity contribution in [2.75, 3.05) is 31.1 Å². The van der Waals surface area contributed by atoms with Crippen LogP contribution < -0.4 is 10.6 Å². The Morgan fingerprint density at radius 2 is 2.11 bits per heavy atom. The number of hydrogen-bond acceptors (Lipinski definition) is 5. The molecule has 2 N–H and O–H groups in total. The maximum atomic E-state index is 5.82. The van der Waals surface area contributed by atoms with Crippen molar-refractivity contribution in [2.45, 2.75) is 39.2 Å². The van der Waals surface area contributed by atoms with E-state index in [1.807, 2.05) is 20.0 Å². The molecule has 0 radical (unpaired) electrons. The van der Waals surface area contributed by atoms with E-state index in [0.717, 1.165) is 56.2 Å². The lowest BCUT2D eigenvalue weighted by molar-refractivity contribution is 0.0365. The van der Waals surface area contributed by atoms with E-state index in [0.29, 0.717) is 12.6 Å². The summed E-state index contributed by atoms with van der Waals surface area (Å²) in [6, 6.07) is 0. The molecular formula is C14H24N4O. The van der Waals surface area contributed by atoms with Crippen LogP contribution in [0, 0.1) is 13.8 Å². The van der Waals surface area contributed by atoms with Gasteiger partial charge in [-0.05, 0) is 39.7 Å². The first-order valence-electron chi connectivity index (χ1n) is 7.07. The number of aromatic nitrogens is 2. The van der Waals surface area contributed by atoms with Gasteiger partial charge < -0.3 is 15.4 Å². The smallest absolute Gasteiger partial charge is 0.150 e. The molecule has 2 rings (SSSR count). The van der Waals surface area contributed by atoms with Crippen LogP contribution >= 0.6 is 0 Å². The molecule has 19 heavy (non-hydrogen) atoms. The Bertz CT molecular complexity index is 402. The molecule has 0 aromatic carbocycles. The molecule has 0 spiro atoms. The van der Waals surface area contributed by atoms with E-state index in [2.05, 4.69) is 14.9 Å². The number of nitrogens with zero attached hydrogens (tertiary/aromatic N) is 3. The zero-order valence-corrected chi connectivity index (χ0v) is 11.9. The average molecular weight is 264 g/mol. The number of nitrogens with two attached hydrogens (primary N) is 1. The molecule has 1 aliphatic heterocycles. The van der Waals surface area contributed by atoms with Gasteiger partial charge in [-0.2, -0.15) is 0 Å². The highest BCUT2D eigenvalue weighted by Crippen LogP contribution is 2.21. The van der Waals surface area contributed by atoms with Crippen molar-refractivity contribution in [3.63, 3.8) is 0 Å². The number of piperidine rings is 1. The topological polar surface area (TPSA) is 64.3 Å². The maximum Gasteiger partial charge on any atom is 0.150 e. The highest BCUT2D eigenvalue weighted by Gasteiger charge is 2.21. The first-order valence-corrected chi connectivity index (χ1v) is 7.07. The minimum Gasteiger partial charge on any atom is -0.378 e. The van der Waals surface area contributed by atoms with Gasteiger partial charge >= 0.3 is 0 Å². The van der Waals surface area contributed by atoms with Gasteiger partial charge in [0.25, 0.3) is 0 Å². The summed E-state index contributed by atoms with van der Waals surface area (Å²) in [6.45, 7) is 7.48. The van der Waals surface area contributed by atoms with Crippen LogP contribution in [0.15, 0.2) is 6.20 Å². The van der Waals surface area contributed by atoms with Crippen molar-refractivity contribution in [1.29, 1.82) is 0 Å². The van der Waals surface area contributed by atoms with Gasteiger partial charge in [0.1, 0.15) is 5.82 Å². The van der Waals surface area contributed by atoms with Crippen LogP contribution in [0.5, 0.6) is 0 Å². The summed E-state index contributed by atoms with van der Waals surface area (Å²) in [6.07, 6.45) is 5.25. The molecular weight excluding hydrogens is 240 g/mol. The fraction of sp³-hybridized carbons (Fsp3) is 0.714. The second kappa shape index (κ2) is 6.82. The molecule has 106 valence electrons. The minimum absolute atomic E-state index is 0.376. The molecule has 1 saturated heterocycles. The van der Waals surface area contributed by atoms with Crippen molar-refractivity contribution in [2.24, 2.45) is 5.73 Å². The van der Waals surface area contributed by atoms with Crippen molar-refractivity contribution in [3.05, 3.63) is 17.6 Å². The van der Waals surface area contributed by atoms with Crippen LogP contribution in [-0.2, 0) is 4.74 Å². The molecule has 1 aromatic heterocycles. The summed E-state index contributed by atoms with van der Waals surface area (Å²) in [5.74, 6) is 1.03. The first-order chi connectivity index (χ1) is 9.20. The zero-order valence-electron chi connectivity index (χ0n) is 11.9. The second-order valence-electron chi connectivity index (χ2n) is 5.12. The van der Waals surface area contributed by atoms with Crippen molar-refractivity contribution < 1.29 is 4.74 Å². The van der Waals surface area contributed by atoms with Crippen LogP contribution in [0.4, 0.5) is 5.82 Å². The number of rotatable bonds is 5. The van der Waals surface area contributed by atoms with Gasteiger partial charge in [0, 0.05) is 25.9 Å². The monoisotopic (exact) mass is 264 g/mol. The molecule has 0 aliphatic carbocycles. The van der Waals surface area contributed by atoms with E-state index in [1.165, 1.54) is 0 Å². The van der Waals surface area contributed by atoms with Crippen LogP contribution in [-0.4, -0.2) is 42.3 Å². The van der Waals surface area contributed by atoms with Crippen LogP contribution in [0.2, 0.25) is 0 Å². The lowest BCUT2D eigenvalue weighted by Gasteiger charge is -2.33. The molecule has 2 heterocycles. The summed E-state index contributed by atoms with van der Waals surface area (Å²) in [5, 5.41) is 0. The van der Waals surface area contributed by atoms with Gasteiger partial charge in [0.15, 0.2) is 0 Å². The first kappa shape index (κ1) is 14.2. The highest BCUT2D eigenvalue weighted by molar-refractivity contribution is 5.43. The molecule has 0 unspecified atom stereocenters. The van der Waals surface area contributed by atoms with Gasteiger partial charge in [-0.1, -0.05) is 0 Å². The SMILES string of the molecule is Cc1cnc(C)c(N2CCC(OCCCN)CC2)n1. The molecule has 5 heteroatoms. The lowest BCUT2D eigenvalue weighted by atomic mass is 10.1. The fourth-order valence-corrected chi connectivity index (χ4v) is 2.39. The van der Waals surface area contributed by atoms with Crippen molar-refractivity contribution in [1.82, 2.24) is 9.97 Å². The van der Waals surface area contributed by atoms with Crippen LogP contribution in [0.3, 0.4) is 0 Å². The molecule has 0 atom stereocenters. The number of ether oxygens (including phenoxy) is 1. The largest absolute Gasteiger partial charge is 0.378 e. The Morgan fingerprint density at radius 3 is 2.79 bits per heavy atom. The quantitative estimate of drug-likeness (QED) is 0.815.